The van der Waals surface area contributed by atoms with Gasteiger partial charge in [-0.05, 0) is 38.5 Å². The summed E-state index contributed by atoms with van der Waals surface area (Å²) in [5, 5.41) is 3.74. The normalized spacial score (nSPS) is 35.2. The Labute approximate surface area is 203 Å². The van der Waals surface area contributed by atoms with Crippen LogP contribution in [0.25, 0.3) is 0 Å². The van der Waals surface area contributed by atoms with Crippen LogP contribution in [-0.2, 0) is 20.4 Å². The Morgan fingerprint density at radius 3 is 2.80 bits per heavy atom. The Bertz CT molecular complexity index is 934. The standard InChI is InChI=1S/C24H34F3N5O3/c1-3-23(6-4-15(10-23)30-18-5-7-35-13-19(18)34-2)22(33)32-12-16-8-17(32)11-31(16)21-9-20(24(25,26)27)28-14-29-21/h9,14-19,30H,3-8,10-13H2,1-2H3/t15-,16+,17+,18+,19-,23+/m1/s1. The van der Waals surface area contributed by atoms with Gasteiger partial charge in [0.25, 0.3) is 0 Å². The smallest absolute Gasteiger partial charge is 0.379 e. The van der Waals surface area contributed by atoms with Gasteiger partial charge >= 0.3 is 6.18 Å². The first-order chi connectivity index (χ1) is 16.7. The Kier molecular flexibility index (Phi) is 6.69. The van der Waals surface area contributed by atoms with Gasteiger partial charge in [0.2, 0.25) is 5.91 Å². The van der Waals surface area contributed by atoms with Crippen molar-refractivity contribution in [1.29, 1.82) is 0 Å². The molecule has 1 N–H and O–H groups in total. The Balaban J connectivity index is 1.23. The summed E-state index contributed by atoms with van der Waals surface area (Å²) in [6.45, 7) is 4.42. The van der Waals surface area contributed by atoms with E-state index in [1.165, 1.54) is 0 Å². The molecule has 4 aliphatic rings. The lowest BCUT2D eigenvalue weighted by Gasteiger charge is -2.40. The molecule has 35 heavy (non-hydrogen) atoms. The van der Waals surface area contributed by atoms with Gasteiger partial charge in [-0.3, -0.25) is 4.79 Å². The zero-order valence-electron chi connectivity index (χ0n) is 20.3. The van der Waals surface area contributed by atoms with Gasteiger partial charge in [-0.1, -0.05) is 6.92 Å². The molecule has 4 fully saturated rings. The minimum atomic E-state index is -4.51. The van der Waals surface area contributed by atoms with Crippen LogP contribution in [0, 0.1) is 5.41 Å². The van der Waals surface area contributed by atoms with Crippen molar-refractivity contribution in [2.45, 2.75) is 81.9 Å². The molecule has 194 valence electrons. The minimum Gasteiger partial charge on any atom is -0.379 e. The van der Waals surface area contributed by atoms with Gasteiger partial charge in [0, 0.05) is 45.0 Å². The third-order valence-electron chi connectivity index (χ3n) is 8.53. The molecular formula is C24H34F3N5O3. The molecule has 11 heteroatoms. The van der Waals surface area contributed by atoms with Crippen LogP contribution in [0.15, 0.2) is 12.4 Å². The van der Waals surface area contributed by atoms with E-state index >= 15 is 0 Å². The Morgan fingerprint density at radius 1 is 1.29 bits per heavy atom. The number of amides is 1. The van der Waals surface area contributed by atoms with Crippen LogP contribution >= 0.6 is 0 Å². The van der Waals surface area contributed by atoms with Crippen molar-refractivity contribution < 1.29 is 27.4 Å². The molecule has 0 aromatic carbocycles. The molecule has 1 aromatic heterocycles. The average molecular weight is 498 g/mol. The average Bonchev–Trinajstić information content (AvgIpc) is 3.58. The molecule has 1 saturated carbocycles. The fraction of sp³-hybridized carbons (Fsp3) is 0.792. The number of hydrogen-bond acceptors (Lipinski definition) is 7. The van der Waals surface area contributed by atoms with Crippen LogP contribution in [-0.4, -0.2) is 84.5 Å². The molecule has 1 aromatic rings. The van der Waals surface area contributed by atoms with Gasteiger partial charge in [0.05, 0.1) is 30.2 Å². The molecular weight excluding hydrogens is 463 g/mol. The number of nitrogens with one attached hydrogen (secondary N) is 1. The monoisotopic (exact) mass is 497 g/mol. The van der Waals surface area contributed by atoms with Gasteiger partial charge in [-0.15, -0.1) is 0 Å². The number of halogens is 3. The summed E-state index contributed by atoms with van der Waals surface area (Å²) in [7, 11) is 1.71. The van der Waals surface area contributed by atoms with E-state index in [4.69, 9.17) is 9.47 Å². The summed E-state index contributed by atoms with van der Waals surface area (Å²) < 4.78 is 50.4. The number of piperazine rings is 1. The van der Waals surface area contributed by atoms with Crippen LogP contribution in [0.2, 0.25) is 0 Å². The minimum absolute atomic E-state index is 0.000557. The number of ether oxygens (including phenoxy) is 2. The van der Waals surface area contributed by atoms with Gasteiger partial charge in [-0.25, -0.2) is 9.97 Å². The molecule has 1 aliphatic carbocycles. The quantitative estimate of drug-likeness (QED) is 0.647. The molecule has 0 radical (unpaired) electrons. The first-order valence-corrected chi connectivity index (χ1v) is 12.6. The fourth-order valence-corrected chi connectivity index (χ4v) is 6.53. The lowest BCUT2D eigenvalue weighted by Crippen LogP contribution is -2.54. The van der Waals surface area contributed by atoms with E-state index in [1.54, 1.807) is 7.11 Å². The summed E-state index contributed by atoms with van der Waals surface area (Å²) in [6, 6.07) is 1.48. The van der Waals surface area contributed by atoms with E-state index in [2.05, 4.69) is 22.2 Å². The largest absolute Gasteiger partial charge is 0.433 e. The second-order valence-corrected chi connectivity index (χ2v) is 10.4. The van der Waals surface area contributed by atoms with Gasteiger partial charge in [-0.2, -0.15) is 13.2 Å². The first kappa shape index (κ1) is 24.7. The second kappa shape index (κ2) is 9.48. The number of methoxy groups -OCH3 is 1. The third-order valence-corrected chi connectivity index (χ3v) is 8.53. The highest BCUT2D eigenvalue weighted by molar-refractivity contribution is 5.84. The molecule has 2 bridgehead atoms. The summed E-state index contributed by atoms with van der Waals surface area (Å²) in [5.41, 5.74) is -1.33. The van der Waals surface area contributed by atoms with Crippen LogP contribution in [0.4, 0.5) is 19.0 Å². The number of likely N-dealkylation sites (tertiary alicyclic amines) is 1. The number of fused-ring (bicyclic) bond motifs is 2. The van der Waals surface area contributed by atoms with E-state index < -0.39 is 11.9 Å². The van der Waals surface area contributed by atoms with Crippen LogP contribution in [0.1, 0.15) is 51.1 Å². The molecule has 4 heterocycles. The van der Waals surface area contributed by atoms with Crippen molar-refractivity contribution in [1.82, 2.24) is 20.2 Å². The van der Waals surface area contributed by atoms with Crippen molar-refractivity contribution in [2.75, 3.05) is 38.3 Å². The Hall–Kier alpha value is -1.98. The second-order valence-electron chi connectivity index (χ2n) is 10.4. The molecule has 6 atom stereocenters. The molecule has 3 saturated heterocycles. The van der Waals surface area contributed by atoms with Crippen molar-refractivity contribution >= 4 is 11.7 Å². The number of nitrogens with zero attached hydrogens (tertiary/aromatic N) is 4. The maximum Gasteiger partial charge on any atom is 0.433 e. The highest BCUT2D eigenvalue weighted by Crippen LogP contribution is 2.46. The number of carbonyl (C=O) groups excluding carboxylic acids is 1. The van der Waals surface area contributed by atoms with E-state index in [-0.39, 0.29) is 47.4 Å². The van der Waals surface area contributed by atoms with E-state index in [1.807, 2.05) is 9.80 Å². The van der Waals surface area contributed by atoms with Gasteiger partial charge in [0.15, 0.2) is 0 Å². The number of rotatable bonds is 6. The fourth-order valence-electron chi connectivity index (χ4n) is 6.53. The summed E-state index contributed by atoms with van der Waals surface area (Å²) in [6.07, 6.45) is 1.52. The summed E-state index contributed by atoms with van der Waals surface area (Å²) >= 11 is 0. The summed E-state index contributed by atoms with van der Waals surface area (Å²) in [4.78, 5) is 25.2. The van der Waals surface area contributed by atoms with Gasteiger partial charge < -0.3 is 24.6 Å². The predicted octanol–water partition coefficient (Wildman–Crippen LogP) is 2.63. The zero-order chi connectivity index (χ0) is 24.8. The number of carbonyl (C=O) groups is 1. The van der Waals surface area contributed by atoms with Gasteiger partial charge in [0.1, 0.15) is 17.8 Å². The molecule has 0 spiro atoms. The predicted molar refractivity (Wildman–Crippen MR) is 122 cm³/mol. The molecule has 3 aliphatic heterocycles. The number of alkyl halides is 3. The molecule has 8 nitrogen and oxygen atoms in total. The summed E-state index contributed by atoms with van der Waals surface area (Å²) in [5.74, 6) is 0.483. The van der Waals surface area contributed by atoms with Crippen molar-refractivity contribution in [3.8, 4) is 0 Å². The van der Waals surface area contributed by atoms with E-state index in [9.17, 15) is 18.0 Å². The molecule has 1 amide bonds. The zero-order valence-corrected chi connectivity index (χ0v) is 20.3. The third kappa shape index (κ3) is 4.62. The number of hydrogen-bond donors (Lipinski definition) is 1. The van der Waals surface area contributed by atoms with Crippen LogP contribution in [0.3, 0.4) is 0 Å². The number of anilines is 1. The number of aromatic nitrogens is 2. The van der Waals surface area contributed by atoms with Crippen molar-refractivity contribution in [2.24, 2.45) is 5.41 Å². The molecule has 0 unspecified atom stereocenters. The lowest BCUT2D eigenvalue weighted by atomic mass is 9.81. The van der Waals surface area contributed by atoms with Crippen LogP contribution in [0.5, 0.6) is 0 Å². The maximum atomic E-state index is 13.8. The first-order valence-electron chi connectivity index (χ1n) is 12.6. The maximum absolute atomic E-state index is 13.8. The van der Waals surface area contributed by atoms with E-state index in [0.29, 0.717) is 26.3 Å². The van der Waals surface area contributed by atoms with E-state index in [0.717, 1.165) is 50.9 Å². The Morgan fingerprint density at radius 2 is 2.11 bits per heavy atom. The lowest BCUT2D eigenvalue weighted by molar-refractivity contribution is -0.143. The highest BCUT2D eigenvalue weighted by atomic mass is 19.4. The topological polar surface area (TPSA) is 79.8 Å². The van der Waals surface area contributed by atoms with Crippen molar-refractivity contribution in [3.63, 3.8) is 0 Å². The SMILES string of the molecule is CC[C@]1(C(=O)N2C[C@@H]3C[C@H]2CN3c2cc(C(F)(F)F)ncn2)CC[C@@H](N[C@H]2CCOC[C@H]2OC)C1. The molecule has 5 rings (SSSR count). The highest BCUT2D eigenvalue weighted by Gasteiger charge is 2.53. The van der Waals surface area contributed by atoms with Crippen molar-refractivity contribution in [3.05, 3.63) is 18.1 Å². The van der Waals surface area contributed by atoms with Crippen LogP contribution < -0.4 is 10.2 Å².